The summed E-state index contributed by atoms with van der Waals surface area (Å²) in [6.45, 7) is 0. The van der Waals surface area contributed by atoms with Gasteiger partial charge in [-0.15, -0.1) is 0 Å². The summed E-state index contributed by atoms with van der Waals surface area (Å²) < 4.78 is 34.6. The lowest BCUT2D eigenvalue weighted by Gasteiger charge is -2.26. The van der Waals surface area contributed by atoms with Gasteiger partial charge in [-0.05, 0) is 18.2 Å². The third-order valence-corrected chi connectivity index (χ3v) is 4.62. The summed E-state index contributed by atoms with van der Waals surface area (Å²) >= 11 is 3.35. The van der Waals surface area contributed by atoms with Crippen molar-refractivity contribution in [1.29, 1.82) is 0 Å². The minimum Gasteiger partial charge on any atom is -0.473 e. The first-order valence-electron chi connectivity index (χ1n) is 6.42. The van der Waals surface area contributed by atoms with E-state index in [0.29, 0.717) is 22.6 Å². The van der Waals surface area contributed by atoms with Crippen LogP contribution in [0.5, 0.6) is 5.75 Å². The highest BCUT2D eigenvalue weighted by molar-refractivity contribution is 9.10. The SMILES string of the molecule is COC(=O)[C@H]1Oc2ccc(Br)cc2-c2nc(S(C)(=O)=O)ncc21. The van der Waals surface area contributed by atoms with Crippen LogP contribution < -0.4 is 4.74 Å². The maximum atomic E-state index is 12.0. The zero-order valence-electron chi connectivity index (χ0n) is 12.1. The van der Waals surface area contributed by atoms with Gasteiger partial charge in [-0.25, -0.2) is 23.2 Å². The minimum atomic E-state index is -3.58. The summed E-state index contributed by atoms with van der Waals surface area (Å²) in [6.07, 6.45) is 1.26. The molecule has 1 aliphatic rings. The van der Waals surface area contributed by atoms with E-state index in [9.17, 15) is 13.2 Å². The quantitative estimate of drug-likeness (QED) is 0.562. The number of rotatable bonds is 2. The number of ether oxygens (including phenoxy) is 2. The zero-order valence-corrected chi connectivity index (χ0v) is 14.5. The average Bonchev–Trinajstić information content (AvgIpc) is 2.52. The molecular weight excluding hydrogens is 388 g/mol. The first kappa shape index (κ1) is 15.9. The average molecular weight is 399 g/mol. The summed E-state index contributed by atoms with van der Waals surface area (Å²) in [6, 6.07) is 5.15. The van der Waals surface area contributed by atoms with E-state index in [-0.39, 0.29) is 5.16 Å². The summed E-state index contributed by atoms with van der Waals surface area (Å²) in [7, 11) is -2.34. The zero-order chi connectivity index (χ0) is 16.8. The van der Waals surface area contributed by atoms with Crippen molar-refractivity contribution in [2.24, 2.45) is 0 Å². The highest BCUT2D eigenvalue weighted by atomic mass is 79.9. The molecule has 7 nitrogen and oxygen atoms in total. The van der Waals surface area contributed by atoms with Crippen LogP contribution in [0.4, 0.5) is 0 Å². The Balaban J connectivity index is 2.28. The fraction of sp³-hybridized carbons (Fsp3) is 0.214. The largest absolute Gasteiger partial charge is 0.473 e. The van der Waals surface area contributed by atoms with Crippen molar-refractivity contribution in [3.05, 3.63) is 34.4 Å². The van der Waals surface area contributed by atoms with Crippen LogP contribution in [0.15, 0.2) is 34.0 Å². The highest BCUT2D eigenvalue weighted by Gasteiger charge is 2.34. The molecular formula is C14H11BrN2O5S. The van der Waals surface area contributed by atoms with Gasteiger partial charge in [0.15, 0.2) is 0 Å². The molecule has 0 fully saturated rings. The standard InChI is InChI=1S/C14H11BrN2O5S/c1-21-13(18)12-9-6-16-14(23(2,19)20)17-11(9)8-5-7(15)3-4-10(8)22-12/h3-6,12H,1-2H3/t12-/m0/s1. The Bertz CT molecular complexity index is 913. The molecule has 9 heteroatoms. The van der Waals surface area contributed by atoms with E-state index < -0.39 is 21.9 Å². The number of carbonyl (C=O) groups is 1. The van der Waals surface area contributed by atoms with E-state index in [2.05, 4.69) is 25.9 Å². The number of methoxy groups -OCH3 is 1. The molecule has 0 saturated carbocycles. The Kier molecular flexibility index (Phi) is 3.85. The van der Waals surface area contributed by atoms with Gasteiger partial charge in [0.25, 0.3) is 0 Å². The predicted octanol–water partition coefficient (Wildman–Crippen LogP) is 1.92. The smallest absolute Gasteiger partial charge is 0.351 e. The van der Waals surface area contributed by atoms with E-state index in [1.807, 2.05) is 0 Å². The van der Waals surface area contributed by atoms with Crippen molar-refractivity contribution in [1.82, 2.24) is 9.97 Å². The van der Waals surface area contributed by atoms with Crippen molar-refractivity contribution in [2.75, 3.05) is 13.4 Å². The number of esters is 1. The van der Waals surface area contributed by atoms with Gasteiger partial charge >= 0.3 is 5.97 Å². The van der Waals surface area contributed by atoms with Crippen LogP contribution in [-0.4, -0.2) is 37.7 Å². The van der Waals surface area contributed by atoms with Gasteiger partial charge in [-0.2, -0.15) is 0 Å². The van der Waals surface area contributed by atoms with Gasteiger partial charge < -0.3 is 9.47 Å². The van der Waals surface area contributed by atoms with Crippen molar-refractivity contribution < 1.29 is 22.7 Å². The van der Waals surface area contributed by atoms with Crippen LogP contribution >= 0.6 is 15.9 Å². The highest BCUT2D eigenvalue weighted by Crippen LogP contribution is 2.42. The van der Waals surface area contributed by atoms with Gasteiger partial charge in [0, 0.05) is 28.1 Å². The Hall–Kier alpha value is -2.00. The number of halogens is 1. The van der Waals surface area contributed by atoms with E-state index in [4.69, 9.17) is 9.47 Å². The second kappa shape index (κ2) is 5.57. The summed E-state index contributed by atoms with van der Waals surface area (Å²) in [5, 5.41) is -0.312. The van der Waals surface area contributed by atoms with E-state index in [1.54, 1.807) is 18.2 Å². The number of fused-ring (bicyclic) bond motifs is 3. The number of hydrogen-bond acceptors (Lipinski definition) is 7. The number of nitrogens with zero attached hydrogens (tertiary/aromatic N) is 2. The molecule has 2 heterocycles. The van der Waals surface area contributed by atoms with Gasteiger partial charge in [-0.3, -0.25) is 0 Å². The maximum Gasteiger partial charge on any atom is 0.351 e. The molecule has 0 bridgehead atoms. The Morgan fingerprint density at radius 3 is 2.78 bits per heavy atom. The van der Waals surface area contributed by atoms with Gasteiger partial charge in [0.1, 0.15) is 5.75 Å². The van der Waals surface area contributed by atoms with Gasteiger partial charge in [-0.1, -0.05) is 15.9 Å². The van der Waals surface area contributed by atoms with Crippen LogP contribution in [0.1, 0.15) is 11.7 Å². The topological polar surface area (TPSA) is 95.5 Å². The maximum absolute atomic E-state index is 12.0. The van der Waals surface area contributed by atoms with E-state index in [1.165, 1.54) is 13.3 Å². The van der Waals surface area contributed by atoms with Crippen LogP contribution in [0, 0.1) is 0 Å². The molecule has 23 heavy (non-hydrogen) atoms. The fourth-order valence-corrected chi connectivity index (χ4v) is 3.09. The molecule has 0 saturated heterocycles. The molecule has 120 valence electrons. The summed E-state index contributed by atoms with van der Waals surface area (Å²) in [5.41, 5.74) is 1.26. The van der Waals surface area contributed by atoms with Crippen LogP contribution in [0.2, 0.25) is 0 Å². The summed E-state index contributed by atoms with van der Waals surface area (Å²) in [5.74, 6) is -0.204. The first-order chi connectivity index (χ1) is 10.8. The lowest BCUT2D eigenvalue weighted by Crippen LogP contribution is -2.25. The lowest BCUT2D eigenvalue weighted by atomic mass is 9.99. The molecule has 0 radical (unpaired) electrons. The fourth-order valence-electron chi connectivity index (χ4n) is 2.22. The van der Waals surface area contributed by atoms with Crippen molar-refractivity contribution in [3.8, 4) is 17.0 Å². The third kappa shape index (κ3) is 2.81. The number of carbonyl (C=O) groups excluding carboxylic acids is 1. The van der Waals surface area contributed by atoms with Crippen LogP contribution in [0.3, 0.4) is 0 Å². The van der Waals surface area contributed by atoms with Crippen molar-refractivity contribution in [2.45, 2.75) is 11.3 Å². The number of benzene rings is 1. The lowest BCUT2D eigenvalue weighted by molar-refractivity contribution is -0.149. The number of sulfone groups is 1. The Labute approximate surface area is 140 Å². The molecule has 1 aromatic carbocycles. The van der Waals surface area contributed by atoms with Gasteiger partial charge in [0.05, 0.1) is 12.8 Å². The number of hydrogen-bond donors (Lipinski definition) is 0. The predicted molar refractivity (Wildman–Crippen MR) is 83.7 cm³/mol. The monoisotopic (exact) mass is 398 g/mol. The molecule has 3 rings (SSSR count). The summed E-state index contributed by atoms with van der Waals surface area (Å²) in [4.78, 5) is 19.9. The normalized spacial score (nSPS) is 16.0. The third-order valence-electron chi connectivity index (χ3n) is 3.27. The Morgan fingerprint density at radius 1 is 1.39 bits per heavy atom. The molecule has 0 amide bonds. The molecule has 2 aromatic rings. The van der Waals surface area contributed by atoms with Crippen LogP contribution in [0.25, 0.3) is 11.3 Å². The van der Waals surface area contributed by atoms with E-state index in [0.717, 1.165) is 10.7 Å². The molecule has 1 aliphatic heterocycles. The van der Waals surface area contributed by atoms with Gasteiger partial charge in [0.2, 0.25) is 21.1 Å². The molecule has 1 aromatic heterocycles. The molecule has 0 unspecified atom stereocenters. The molecule has 1 atom stereocenters. The second-order valence-corrected chi connectivity index (χ2v) is 7.72. The van der Waals surface area contributed by atoms with Crippen molar-refractivity contribution in [3.63, 3.8) is 0 Å². The minimum absolute atomic E-state index is 0.312. The van der Waals surface area contributed by atoms with Crippen molar-refractivity contribution >= 4 is 31.7 Å². The molecule has 0 aliphatic carbocycles. The second-order valence-electron chi connectivity index (χ2n) is 4.89. The molecule has 0 spiro atoms. The molecule has 0 N–H and O–H groups in total. The van der Waals surface area contributed by atoms with E-state index >= 15 is 0 Å². The Morgan fingerprint density at radius 2 is 2.13 bits per heavy atom. The first-order valence-corrected chi connectivity index (χ1v) is 9.11. The van der Waals surface area contributed by atoms with Crippen LogP contribution in [-0.2, 0) is 19.4 Å². The number of aromatic nitrogens is 2.